The van der Waals surface area contributed by atoms with Crippen LogP contribution in [-0.4, -0.2) is 29.4 Å². The van der Waals surface area contributed by atoms with Gasteiger partial charge in [0, 0.05) is 17.2 Å². The minimum absolute atomic E-state index is 0.336. The summed E-state index contributed by atoms with van der Waals surface area (Å²) >= 11 is 6.85. The summed E-state index contributed by atoms with van der Waals surface area (Å²) in [6.45, 7) is 2.29. The van der Waals surface area contributed by atoms with E-state index in [-0.39, 0.29) is 5.91 Å². The maximum absolute atomic E-state index is 12.0. The Morgan fingerprint density at radius 1 is 1.19 bits per heavy atom. The number of rotatable bonds is 7. The van der Waals surface area contributed by atoms with Crippen molar-refractivity contribution < 1.29 is 9.53 Å². The molecule has 0 unspecified atom stereocenters. The lowest BCUT2D eigenvalue weighted by Gasteiger charge is -2.16. The number of nitriles is 1. The second-order valence-electron chi connectivity index (χ2n) is 5.43. The minimum Gasteiger partial charge on any atom is -0.481 e. The molecule has 0 spiro atoms. The van der Waals surface area contributed by atoms with Crippen LogP contribution in [0.25, 0.3) is 0 Å². The van der Waals surface area contributed by atoms with Crippen LogP contribution in [0, 0.1) is 11.3 Å². The van der Waals surface area contributed by atoms with E-state index >= 15 is 0 Å². The fraction of sp³-hybridized carbons (Fsp3) is 0.211. The third-order valence-electron chi connectivity index (χ3n) is 3.36. The zero-order chi connectivity index (χ0) is 19.5. The number of hydrogen-bond donors (Lipinski definition) is 3. The molecule has 0 saturated heterocycles. The topological polar surface area (TPSA) is 86.2 Å². The third kappa shape index (κ3) is 7.56. The number of amides is 1. The molecular weight excluding hydrogens is 380 g/mol. The van der Waals surface area contributed by atoms with E-state index in [0.29, 0.717) is 23.0 Å². The van der Waals surface area contributed by atoms with E-state index in [1.807, 2.05) is 24.3 Å². The second kappa shape index (κ2) is 11.1. The van der Waals surface area contributed by atoms with Crippen molar-refractivity contribution in [3.8, 4) is 11.8 Å². The van der Waals surface area contributed by atoms with E-state index < -0.39 is 6.10 Å². The highest BCUT2D eigenvalue weighted by atomic mass is 32.2. The van der Waals surface area contributed by atoms with Gasteiger partial charge in [0.15, 0.2) is 11.2 Å². The number of nitrogens with zero attached hydrogens (tertiary/aromatic N) is 1. The van der Waals surface area contributed by atoms with Crippen molar-refractivity contribution in [3.05, 3.63) is 60.2 Å². The van der Waals surface area contributed by atoms with Crippen LogP contribution in [0.3, 0.4) is 0 Å². The smallest absolute Gasteiger partial charge is 0.279 e. The van der Waals surface area contributed by atoms with Gasteiger partial charge in [-0.2, -0.15) is 5.26 Å². The Kier molecular flexibility index (Phi) is 8.42. The number of thiocarbonyl (C=S) groups is 1. The van der Waals surface area contributed by atoms with Crippen LogP contribution in [0.2, 0.25) is 0 Å². The Morgan fingerprint density at radius 2 is 1.89 bits per heavy atom. The first-order valence-electron chi connectivity index (χ1n) is 8.27. The lowest BCUT2D eigenvalue weighted by Crippen LogP contribution is -2.50. The van der Waals surface area contributed by atoms with Gasteiger partial charge >= 0.3 is 0 Å². The number of hydrogen-bond acceptors (Lipinski definition) is 5. The summed E-state index contributed by atoms with van der Waals surface area (Å²) in [5, 5.41) is 12.1. The monoisotopic (exact) mass is 400 g/mol. The number of carbonyl (C=O) groups is 1. The highest BCUT2D eigenvalue weighted by Gasteiger charge is 2.14. The molecule has 2 aromatic carbocycles. The van der Waals surface area contributed by atoms with Crippen LogP contribution in [0.5, 0.6) is 5.75 Å². The summed E-state index contributed by atoms with van der Waals surface area (Å²) in [4.78, 5) is 13.2. The van der Waals surface area contributed by atoms with Crippen molar-refractivity contribution in [1.82, 2.24) is 16.2 Å². The molecule has 0 aliphatic carbocycles. The fourth-order valence-corrected chi connectivity index (χ4v) is 2.92. The summed E-state index contributed by atoms with van der Waals surface area (Å²) in [6, 6.07) is 18.7. The predicted molar refractivity (Wildman–Crippen MR) is 110 cm³/mol. The molecule has 0 bridgehead atoms. The predicted octanol–water partition coefficient (Wildman–Crippen LogP) is 2.61. The van der Waals surface area contributed by atoms with Gasteiger partial charge in [-0.05, 0) is 55.5 Å². The number of nitrogens with one attached hydrogen (secondary N) is 3. The van der Waals surface area contributed by atoms with Gasteiger partial charge < -0.3 is 10.1 Å². The fourth-order valence-electron chi connectivity index (χ4n) is 1.98. The summed E-state index contributed by atoms with van der Waals surface area (Å²) in [7, 11) is 0. The van der Waals surface area contributed by atoms with Crippen LogP contribution in [0.1, 0.15) is 12.5 Å². The number of hydrazine groups is 1. The maximum Gasteiger partial charge on any atom is 0.279 e. The van der Waals surface area contributed by atoms with Gasteiger partial charge in [-0.3, -0.25) is 15.6 Å². The van der Waals surface area contributed by atoms with Gasteiger partial charge in [0.25, 0.3) is 5.91 Å². The number of ether oxygens (including phenoxy) is 1. The summed E-state index contributed by atoms with van der Waals surface area (Å²) < 4.78 is 5.53. The summed E-state index contributed by atoms with van der Waals surface area (Å²) in [5.41, 5.74) is 5.69. The molecule has 27 heavy (non-hydrogen) atoms. The first-order valence-corrected chi connectivity index (χ1v) is 9.66. The highest BCUT2D eigenvalue weighted by Crippen LogP contribution is 2.15. The van der Waals surface area contributed by atoms with Crippen molar-refractivity contribution in [1.29, 1.82) is 5.26 Å². The third-order valence-corrected chi connectivity index (χ3v) is 4.62. The molecule has 2 aromatic rings. The molecular formula is C19H20N4O2S2. The van der Waals surface area contributed by atoms with Gasteiger partial charge in [-0.15, -0.1) is 11.8 Å². The Balaban J connectivity index is 1.63. The minimum atomic E-state index is -0.720. The quantitative estimate of drug-likeness (QED) is 0.285. The molecule has 1 amide bonds. The largest absolute Gasteiger partial charge is 0.481 e. The van der Waals surface area contributed by atoms with E-state index in [9.17, 15) is 4.79 Å². The molecule has 0 aliphatic heterocycles. The van der Waals surface area contributed by atoms with Crippen molar-refractivity contribution in [2.75, 3.05) is 12.3 Å². The van der Waals surface area contributed by atoms with E-state index in [4.69, 9.17) is 22.2 Å². The van der Waals surface area contributed by atoms with E-state index in [2.05, 4.69) is 28.3 Å². The van der Waals surface area contributed by atoms with Crippen LogP contribution >= 0.6 is 24.0 Å². The first-order chi connectivity index (χ1) is 13.1. The van der Waals surface area contributed by atoms with Crippen LogP contribution in [0.15, 0.2) is 59.5 Å². The number of carbonyl (C=O) groups excluding carboxylic acids is 1. The van der Waals surface area contributed by atoms with Gasteiger partial charge in [-0.1, -0.05) is 18.2 Å². The Morgan fingerprint density at radius 3 is 2.56 bits per heavy atom. The molecule has 6 nitrogen and oxygen atoms in total. The Labute approximate surface area is 168 Å². The van der Waals surface area contributed by atoms with Crippen molar-refractivity contribution >= 4 is 35.0 Å². The first kappa shape index (κ1) is 20.6. The average molecular weight is 401 g/mol. The van der Waals surface area contributed by atoms with Crippen molar-refractivity contribution in [2.45, 2.75) is 17.9 Å². The SMILES string of the molecule is C[C@H](Oc1ccc(C#N)cc1)C(=O)NNC(=S)NCCSc1ccccc1. The van der Waals surface area contributed by atoms with Gasteiger partial charge in [-0.25, -0.2) is 0 Å². The lowest BCUT2D eigenvalue weighted by atomic mass is 10.2. The number of benzene rings is 2. The maximum atomic E-state index is 12.0. The second-order valence-corrected chi connectivity index (χ2v) is 7.00. The standard InChI is InChI=1S/C19H20N4O2S2/c1-14(25-16-9-7-15(13-20)8-10-16)18(24)22-23-19(26)21-11-12-27-17-5-3-2-4-6-17/h2-10,14H,11-12H2,1H3,(H,22,24)(H2,21,23,26)/t14-/m0/s1. The molecule has 0 aliphatic rings. The van der Waals surface area contributed by atoms with Crippen LogP contribution in [0.4, 0.5) is 0 Å². The van der Waals surface area contributed by atoms with Crippen LogP contribution in [-0.2, 0) is 4.79 Å². The average Bonchev–Trinajstić information content (AvgIpc) is 2.70. The van der Waals surface area contributed by atoms with E-state index in [1.165, 1.54) is 4.90 Å². The Bertz CT molecular complexity index is 792. The molecule has 1 atom stereocenters. The molecule has 8 heteroatoms. The molecule has 0 radical (unpaired) electrons. The zero-order valence-electron chi connectivity index (χ0n) is 14.8. The zero-order valence-corrected chi connectivity index (χ0v) is 16.4. The molecule has 0 fully saturated rings. The number of thioether (sulfide) groups is 1. The van der Waals surface area contributed by atoms with Gasteiger partial charge in [0.2, 0.25) is 0 Å². The molecule has 140 valence electrons. The highest BCUT2D eigenvalue weighted by molar-refractivity contribution is 7.99. The lowest BCUT2D eigenvalue weighted by molar-refractivity contribution is -0.127. The molecule has 2 rings (SSSR count). The Hall–Kier alpha value is -2.76. The van der Waals surface area contributed by atoms with E-state index in [1.54, 1.807) is 43.0 Å². The molecule has 0 aromatic heterocycles. The molecule has 3 N–H and O–H groups in total. The van der Waals surface area contributed by atoms with E-state index in [0.717, 1.165) is 5.75 Å². The molecule has 0 saturated carbocycles. The van der Waals surface area contributed by atoms with Crippen molar-refractivity contribution in [2.24, 2.45) is 0 Å². The summed E-state index contributed by atoms with van der Waals surface area (Å²) in [6.07, 6.45) is -0.720. The van der Waals surface area contributed by atoms with Gasteiger partial charge in [0.1, 0.15) is 5.75 Å². The van der Waals surface area contributed by atoms with Gasteiger partial charge in [0.05, 0.1) is 11.6 Å². The van der Waals surface area contributed by atoms with Crippen molar-refractivity contribution in [3.63, 3.8) is 0 Å². The molecule has 0 heterocycles. The van der Waals surface area contributed by atoms with Crippen LogP contribution < -0.4 is 20.9 Å². The normalized spacial score (nSPS) is 11.0. The summed E-state index contributed by atoms with van der Waals surface area (Å²) in [5.74, 6) is 0.996.